The van der Waals surface area contributed by atoms with Crippen molar-refractivity contribution >= 4 is 40.7 Å². The van der Waals surface area contributed by atoms with Gasteiger partial charge >= 0.3 is 0 Å². The standard InChI is InChI=1S/C11H16BrN3.2ClH/c1-9(15-4-2-13-3-5-15)10-6-11(12)8-14-7-10;;/h6-9,13H,2-5H2,1H3;2*1H/t9-;;/m1../s1. The van der Waals surface area contributed by atoms with Crippen LogP contribution < -0.4 is 5.32 Å². The molecule has 0 spiro atoms. The maximum Gasteiger partial charge on any atom is 0.0410 e. The summed E-state index contributed by atoms with van der Waals surface area (Å²) >= 11 is 3.46. The molecule has 0 bridgehead atoms. The minimum absolute atomic E-state index is 0. The van der Waals surface area contributed by atoms with Crippen LogP contribution in [0.4, 0.5) is 0 Å². The maximum absolute atomic E-state index is 4.21. The minimum atomic E-state index is 0. The molecular formula is C11H18BrCl2N3. The Morgan fingerprint density at radius 2 is 1.94 bits per heavy atom. The van der Waals surface area contributed by atoms with Crippen LogP contribution in [-0.4, -0.2) is 36.1 Å². The highest BCUT2D eigenvalue weighted by atomic mass is 79.9. The molecule has 2 heterocycles. The van der Waals surface area contributed by atoms with Gasteiger partial charge in [0.1, 0.15) is 0 Å². The van der Waals surface area contributed by atoms with Gasteiger partial charge in [0, 0.05) is 49.1 Å². The van der Waals surface area contributed by atoms with E-state index in [2.05, 4.69) is 44.1 Å². The van der Waals surface area contributed by atoms with Crippen molar-refractivity contribution < 1.29 is 0 Å². The van der Waals surface area contributed by atoms with Crippen molar-refractivity contribution in [2.75, 3.05) is 26.2 Å². The number of nitrogens with zero attached hydrogens (tertiary/aromatic N) is 2. The van der Waals surface area contributed by atoms with Crippen LogP contribution in [0.2, 0.25) is 0 Å². The number of hydrogen-bond donors (Lipinski definition) is 1. The van der Waals surface area contributed by atoms with Gasteiger partial charge in [-0.1, -0.05) is 0 Å². The lowest BCUT2D eigenvalue weighted by atomic mass is 10.1. The monoisotopic (exact) mass is 341 g/mol. The Bertz CT molecular complexity index is 332. The van der Waals surface area contributed by atoms with E-state index < -0.39 is 0 Å². The molecule has 0 aliphatic carbocycles. The minimum Gasteiger partial charge on any atom is -0.314 e. The van der Waals surface area contributed by atoms with Crippen molar-refractivity contribution in [3.05, 3.63) is 28.5 Å². The average Bonchev–Trinajstić information content (AvgIpc) is 2.29. The zero-order valence-electron chi connectivity index (χ0n) is 9.73. The van der Waals surface area contributed by atoms with Gasteiger partial charge < -0.3 is 5.32 Å². The molecule has 6 heteroatoms. The van der Waals surface area contributed by atoms with E-state index >= 15 is 0 Å². The molecule has 0 radical (unpaired) electrons. The predicted molar refractivity (Wildman–Crippen MR) is 79.3 cm³/mol. The van der Waals surface area contributed by atoms with Gasteiger partial charge in [-0.2, -0.15) is 0 Å². The Labute approximate surface area is 123 Å². The van der Waals surface area contributed by atoms with Crippen LogP contribution in [0.15, 0.2) is 22.9 Å². The fraction of sp³-hybridized carbons (Fsp3) is 0.545. The Morgan fingerprint density at radius 3 is 2.53 bits per heavy atom. The van der Waals surface area contributed by atoms with Crippen LogP contribution in [-0.2, 0) is 0 Å². The summed E-state index contributed by atoms with van der Waals surface area (Å²) in [6, 6.07) is 2.61. The van der Waals surface area contributed by atoms with E-state index in [0.29, 0.717) is 6.04 Å². The molecule has 1 aromatic rings. The van der Waals surface area contributed by atoms with E-state index in [-0.39, 0.29) is 24.8 Å². The van der Waals surface area contributed by atoms with Crippen LogP contribution in [0, 0.1) is 0 Å². The zero-order valence-corrected chi connectivity index (χ0v) is 12.9. The third-order valence-electron chi connectivity index (χ3n) is 2.91. The van der Waals surface area contributed by atoms with E-state index in [1.54, 1.807) is 0 Å². The van der Waals surface area contributed by atoms with Crippen molar-refractivity contribution in [3.8, 4) is 0 Å². The number of nitrogens with one attached hydrogen (secondary N) is 1. The largest absolute Gasteiger partial charge is 0.314 e. The molecule has 2 rings (SSSR count). The molecule has 3 nitrogen and oxygen atoms in total. The fourth-order valence-corrected chi connectivity index (χ4v) is 2.32. The van der Waals surface area contributed by atoms with Crippen molar-refractivity contribution in [2.45, 2.75) is 13.0 Å². The second-order valence-corrected chi connectivity index (χ2v) is 4.81. The lowest BCUT2D eigenvalue weighted by Crippen LogP contribution is -2.44. The van der Waals surface area contributed by atoms with Gasteiger partial charge in [-0.3, -0.25) is 9.88 Å². The van der Waals surface area contributed by atoms with Gasteiger partial charge in [0.15, 0.2) is 0 Å². The number of halogens is 3. The Morgan fingerprint density at radius 1 is 1.29 bits per heavy atom. The number of aromatic nitrogens is 1. The summed E-state index contributed by atoms with van der Waals surface area (Å²) in [5.74, 6) is 0. The zero-order chi connectivity index (χ0) is 10.7. The number of piperazine rings is 1. The summed E-state index contributed by atoms with van der Waals surface area (Å²) in [6.07, 6.45) is 3.78. The van der Waals surface area contributed by atoms with Crippen LogP contribution >= 0.6 is 40.7 Å². The van der Waals surface area contributed by atoms with Crippen molar-refractivity contribution in [1.82, 2.24) is 15.2 Å². The third kappa shape index (κ3) is 4.72. The third-order valence-corrected chi connectivity index (χ3v) is 3.34. The highest BCUT2D eigenvalue weighted by molar-refractivity contribution is 9.10. The van der Waals surface area contributed by atoms with E-state index in [9.17, 15) is 0 Å². The highest BCUT2D eigenvalue weighted by Crippen LogP contribution is 2.22. The summed E-state index contributed by atoms with van der Waals surface area (Å²) in [7, 11) is 0. The molecule has 98 valence electrons. The molecule has 1 aromatic heterocycles. The average molecular weight is 343 g/mol. The van der Waals surface area contributed by atoms with Crippen molar-refractivity contribution in [3.63, 3.8) is 0 Å². The summed E-state index contributed by atoms with van der Waals surface area (Å²) in [5.41, 5.74) is 1.28. The second-order valence-electron chi connectivity index (χ2n) is 3.90. The van der Waals surface area contributed by atoms with Crippen molar-refractivity contribution in [1.29, 1.82) is 0 Å². The highest BCUT2D eigenvalue weighted by Gasteiger charge is 2.17. The lowest BCUT2D eigenvalue weighted by Gasteiger charge is -2.32. The summed E-state index contributed by atoms with van der Waals surface area (Å²) in [5, 5.41) is 3.37. The van der Waals surface area contributed by atoms with Crippen LogP contribution in [0.3, 0.4) is 0 Å². The SMILES string of the molecule is C[C@H](c1cncc(Br)c1)N1CCNCC1.Cl.Cl. The molecule has 1 saturated heterocycles. The van der Waals surface area contributed by atoms with Crippen LogP contribution in [0.25, 0.3) is 0 Å². The number of rotatable bonds is 2. The van der Waals surface area contributed by atoms with E-state index in [4.69, 9.17) is 0 Å². The number of hydrogen-bond acceptors (Lipinski definition) is 3. The molecular weight excluding hydrogens is 325 g/mol. The molecule has 1 aliphatic heterocycles. The molecule has 1 aliphatic rings. The van der Waals surface area contributed by atoms with Gasteiger partial charge in [0.05, 0.1) is 0 Å². The topological polar surface area (TPSA) is 28.2 Å². The fourth-order valence-electron chi connectivity index (χ4n) is 1.94. The summed E-state index contributed by atoms with van der Waals surface area (Å²) in [6.45, 7) is 6.66. The molecule has 17 heavy (non-hydrogen) atoms. The Kier molecular flexibility index (Phi) is 8.33. The van der Waals surface area contributed by atoms with Crippen LogP contribution in [0.1, 0.15) is 18.5 Å². The number of pyridine rings is 1. The van der Waals surface area contributed by atoms with E-state index in [1.165, 1.54) is 5.56 Å². The Balaban J connectivity index is 0.00000128. The maximum atomic E-state index is 4.21. The summed E-state index contributed by atoms with van der Waals surface area (Å²) < 4.78 is 1.06. The van der Waals surface area contributed by atoms with Crippen molar-refractivity contribution in [2.24, 2.45) is 0 Å². The molecule has 1 atom stereocenters. The Hall–Kier alpha value is 0.130. The summed E-state index contributed by atoms with van der Waals surface area (Å²) in [4.78, 5) is 6.70. The van der Waals surface area contributed by atoms with E-state index in [0.717, 1.165) is 30.7 Å². The van der Waals surface area contributed by atoms with Crippen LogP contribution in [0.5, 0.6) is 0 Å². The predicted octanol–water partition coefficient (Wildman–Crippen LogP) is 2.65. The van der Waals surface area contributed by atoms with E-state index in [1.807, 2.05) is 12.4 Å². The van der Waals surface area contributed by atoms with Gasteiger partial charge in [-0.05, 0) is 34.5 Å². The molecule has 0 saturated carbocycles. The van der Waals surface area contributed by atoms with Gasteiger partial charge in [-0.15, -0.1) is 24.8 Å². The first-order chi connectivity index (χ1) is 7.27. The van der Waals surface area contributed by atoms with Gasteiger partial charge in [0.2, 0.25) is 0 Å². The second kappa shape index (κ2) is 8.27. The smallest absolute Gasteiger partial charge is 0.0410 e. The van der Waals surface area contributed by atoms with Gasteiger partial charge in [0.25, 0.3) is 0 Å². The first kappa shape index (κ1) is 17.1. The first-order valence-electron chi connectivity index (χ1n) is 5.32. The molecule has 0 amide bonds. The molecule has 1 N–H and O–H groups in total. The van der Waals surface area contributed by atoms with Gasteiger partial charge in [-0.25, -0.2) is 0 Å². The lowest BCUT2D eigenvalue weighted by molar-refractivity contribution is 0.185. The normalized spacial score (nSPS) is 17.8. The molecule has 1 fully saturated rings. The molecule has 0 aromatic carbocycles. The molecule has 0 unspecified atom stereocenters. The first-order valence-corrected chi connectivity index (χ1v) is 6.12. The quantitative estimate of drug-likeness (QED) is 0.895.